The zero-order chi connectivity index (χ0) is 17.5. The topological polar surface area (TPSA) is 50.8 Å². The quantitative estimate of drug-likeness (QED) is 0.849. The molecule has 0 spiro atoms. The lowest BCUT2D eigenvalue weighted by molar-refractivity contribution is 0.0941. The number of nitrogens with zero attached hydrogens (tertiary/aromatic N) is 1. The molecule has 0 aliphatic rings. The summed E-state index contributed by atoms with van der Waals surface area (Å²) in [4.78, 5) is 14.4. The Morgan fingerprint density at radius 3 is 2.29 bits per heavy atom. The minimum absolute atomic E-state index is 0.0170. The van der Waals surface area contributed by atoms with E-state index in [0.29, 0.717) is 12.1 Å². The molecule has 0 aliphatic heterocycles. The third kappa shape index (κ3) is 4.26. The molecule has 0 aromatic heterocycles. The van der Waals surface area contributed by atoms with E-state index in [1.165, 1.54) is 0 Å². The minimum atomic E-state index is -0.112. The van der Waals surface area contributed by atoms with E-state index in [-0.39, 0.29) is 11.9 Å². The van der Waals surface area contributed by atoms with Gasteiger partial charge in [-0.05, 0) is 44.4 Å². The van der Waals surface area contributed by atoms with E-state index in [4.69, 9.17) is 9.47 Å². The Morgan fingerprint density at radius 1 is 1.04 bits per heavy atom. The van der Waals surface area contributed by atoms with Crippen LogP contribution in [0.3, 0.4) is 0 Å². The Morgan fingerprint density at radius 2 is 1.71 bits per heavy atom. The molecule has 2 aromatic carbocycles. The van der Waals surface area contributed by atoms with E-state index < -0.39 is 0 Å². The lowest BCUT2D eigenvalue weighted by atomic mass is 10.0. The smallest absolute Gasteiger partial charge is 0.251 e. The Labute approximate surface area is 143 Å². The van der Waals surface area contributed by atoms with Gasteiger partial charge in [0.25, 0.3) is 5.91 Å². The molecule has 0 fully saturated rings. The summed E-state index contributed by atoms with van der Waals surface area (Å²) in [5, 5.41) is 2.99. The molecule has 0 aliphatic carbocycles. The minimum Gasteiger partial charge on any atom is -0.497 e. The van der Waals surface area contributed by atoms with Gasteiger partial charge in [0.1, 0.15) is 11.5 Å². The maximum Gasteiger partial charge on any atom is 0.251 e. The van der Waals surface area contributed by atoms with Crippen molar-refractivity contribution in [3.05, 3.63) is 59.7 Å². The van der Waals surface area contributed by atoms with Crippen LogP contribution in [-0.4, -0.2) is 45.7 Å². The van der Waals surface area contributed by atoms with E-state index in [2.05, 4.69) is 10.2 Å². The van der Waals surface area contributed by atoms with Gasteiger partial charge in [-0.25, -0.2) is 0 Å². The van der Waals surface area contributed by atoms with Crippen LogP contribution < -0.4 is 14.8 Å². The third-order valence-corrected chi connectivity index (χ3v) is 3.93. The van der Waals surface area contributed by atoms with Gasteiger partial charge in [0.05, 0.1) is 20.3 Å². The zero-order valence-electron chi connectivity index (χ0n) is 14.6. The van der Waals surface area contributed by atoms with Crippen LogP contribution in [0.15, 0.2) is 48.5 Å². The van der Waals surface area contributed by atoms with E-state index >= 15 is 0 Å². The lowest BCUT2D eigenvalue weighted by Gasteiger charge is -2.26. The molecular weight excluding hydrogens is 304 g/mol. The summed E-state index contributed by atoms with van der Waals surface area (Å²) in [5.41, 5.74) is 1.65. The van der Waals surface area contributed by atoms with Gasteiger partial charge in [0.15, 0.2) is 0 Å². The van der Waals surface area contributed by atoms with Crippen molar-refractivity contribution in [2.45, 2.75) is 6.04 Å². The van der Waals surface area contributed by atoms with Crippen molar-refractivity contribution in [3.63, 3.8) is 0 Å². The maximum absolute atomic E-state index is 12.4. The monoisotopic (exact) mass is 328 g/mol. The summed E-state index contributed by atoms with van der Waals surface area (Å²) in [5.74, 6) is 1.43. The van der Waals surface area contributed by atoms with Gasteiger partial charge in [0.2, 0.25) is 0 Å². The highest BCUT2D eigenvalue weighted by atomic mass is 16.5. The summed E-state index contributed by atoms with van der Waals surface area (Å²) >= 11 is 0. The number of ether oxygens (including phenoxy) is 2. The molecule has 2 aromatic rings. The second-order valence-corrected chi connectivity index (χ2v) is 5.66. The Balaban J connectivity index is 2.09. The molecule has 24 heavy (non-hydrogen) atoms. The highest BCUT2D eigenvalue weighted by Crippen LogP contribution is 2.27. The highest BCUT2D eigenvalue weighted by molar-refractivity contribution is 5.94. The normalized spacial score (nSPS) is 11.9. The maximum atomic E-state index is 12.4. The molecule has 1 N–H and O–H groups in total. The summed E-state index contributed by atoms with van der Waals surface area (Å²) in [6.07, 6.45) is 0. The summed E-state index contributed by atoms with van der Waals surface area (Å²) in [6.45, 7) is 0.484. The second-order valence-electron chi connectivity index (χ2n) is 5.66. The zero-order valence-corrected chi connectivity index (χ0v) is 14.6. The fraction of sp³-hybridized carbons (Fsp3) is 0.316. The number of hydrogen-bond donors (Lipinski definition) is 1. The molecule has 0 heterocycles. The van der Waals surface area contributed by atoms with E-state index in [1.54, 1.807) is 38.5 Å². The van der Waals surface area contributed by atoms with E-state index in [1.807, 2.05) is 38.4 Å². The van der Waals surface area contributed by atoms with Crippen LogP contribution in [0.4, 0.5) is 0 Å². The number of hydrogen-bond acceptors (Lipinski definition) is 4. The number of carbonyl (C=O) groups excluding carboxylic acids is 1. The summed E-state index contributed by atoms with van der Waals surface area (Å²) < 4.78 is 10.5. The van der Waals surface area contributed by atoms with Crippen molar-refractivity contribution in [1.82, 2.24) is 10.2 Å². The van der Waals surface area contributed by atoms with Crippen molar-refractivity contribution in [3.8, 4) is 11.5 Å². The van der Waals surface area contributed by atoms with Crippen LogP contribution in [0.5, 0.6) is 11.5 Å². The molecular formula is C19H24N2O3. The standard InChI is InChI=1S/C19H24N2O3/c1-21(2)17(16-7-5-6-8-18(16)24-4)13-20-19(22)14-9-11-15(23-3)12-10-14/h5-12,17H,13H2,1-4H3,(H,20,22). The van der Waals surface area contributed by atoms with Gasteiger partial charge < -0.3 is 19.7 Å². The lowest BCUT2D eigenvalue weighted by Crippen LogP contribution is -2.34. The molecule has 2 rings (SSSR count). The number of carbonyl (C=O) groups is 1. The molecule has 0 saturated heterocycles. The molecule has 1 unspecified atom stereocenters. The van der Waals surface area contributed by atoms with Gasteiger partial charge in [-0.15, -0.1) is 0 Å². The van der Waals surface area contributed by atoms with Gasteiger partial charge in [-0.3, -0.25) is 4.79 Å². The van der Waals surface area contributed by atoms with Crippen LogP contribution in [0.1, 0.15) is 22.0 Å². The van der Waals surface area contributed by atoms with Crippen LogP contribution in [0.25, 0.3) is 0 Å². The van der Waals surface area contributed by atoms with Crippen LogP contribution in [-0.2, 0) is 0 Å². The molecule has 0 saturated carbocycles. The number of likely N-dealkylation sites (N-methyl/N-ethyl adjacent to an activating group) is 1. The highest BCUT2D eigenvalue weighted by Gasteiger charge is 2.19. The molecule has 128 valence electrons. The first-order valence-corrected chi connectivity index (χ1v) is 7.78. The Kier molecular flexibility index (Phi) is 6.21. The largest absolute Gasteiger partial charge is 0.497 e. The average molecular weight is 328 g/mol. The third-order valence-electron chi connectivity index (χ3n) is 3.93. The van der Waals surface area contributed by atoms with E-state index in [9.17, 15) is 4.79 Å². The van der Waals surface area contributed by atoms with Gasteiger partial charge >= 0.3 is 0 Å². The second kappa shape index (κ2) is 8.36. The Bertz CT molecular complexity index is 669. The van der Waals surface area contributed by atoms with Gasteiger partial charge in [-0.2, -0.15) is 0 Å². The number of para-hydroxylation sites is 1. The molecule has 1 atom stereocenters. The van der Waals surface area contributed by atoms with Crippen LogP contribution in [0.2, 0.25) is 0 Å². The molecule has 5 nitrogen and oxygen atoms in total. The number of amides is 1. The van der Waals surface area contributed by atoms with Crippen LogP contribution in [0, 0.1) is 0 Å². The first-order chi connectivity index (χ1) is 11.6. The first-order valence-electron chi connectivity index (χ1n) is 7.78. The van der Waals surface area contributed by atoms with Crippen molar-refractivity contribution in [2.24, 2.45) is 0 Å². The number of nitrogens with one attached hydrogen (secondary N) is 1. The number of benzene rings is 2. The van der Waals surface area contributed by atoms with Crippen LogP contribution >= 0.6 is 0 Å². The Hall–Kier alpha value is -2.53. The molecule has 0 bridgehead atoms. The number of methoxy groups -OCH3 is 2. The van der Waals surface area contributed by atoms with Crippen molar-refractivity contribution in [2.75, 3.05) is 34.9 Å². The molecule has 1 amide bonds. The van der Waals surface area contributed by atoms with Crippen molar-refractivity contribution >= 4 is 5.91 Å². The fourth-order valence-electron chi connectivity index (χ4n) is 2.55. The van der Waals surface area contributed by atoms with Gasteiger partial charge in [0, 0.05) is 17.7 Å². The first kappa shape index (κ1) is 17.8. The summed E-state index contributed by atoms with van der Waals surface area (Å²) in [7, 11) is 7.22. The predicted molar refractivity (Wildman–Crippen MR) is 94.7 cm³/mol. The van der Waals surface area contributed by atoms with E-state index in [0.717, 1.165) is 17.1 Å². The SMILES string of the molecule is COc1ccc(C(=O)NCC(c2ccccc2OC)N(C)C)cc1. The molecule has 5 heteroatoms. The number of rotatable bonds is 7. The predicted octanol–water partition coefficient (Wildman–Crippen LogP) is 2.74. The fourth-order valence-corrected chi connectivity index (χ4v) is 2.55. The average Bonchev–Trinajstić information content (AvgIpc) is 2.62. The van der Waals surface area contributed by atoms with Crippen molar-refractivity contribution < 1.29 is 14.3 Å². The molecule has 0 radical (unpaired) electrons. The van der Waals surface area contributed by atoms with Crippen molar-refractivity contribution in [1.29, 1.82) is 0 Å². The summed E-state index contributed by atoms with van der Waals surface area (Å²) in [6, 6.07) is 14.9. The van der Waals surface area contributed by atoms with Gasteiger partial charge in [-0.1, -0.05) is 18.2 Å².